The number of carbonyl (C=O) groups is 2. The number of carbonyl (C=O) groups excluding carboxylic acids is 2. The number of aliphatic imine (C=N–C) groups is 1. The first-order valence-corrected chi connectivity index (χ1v) is 12.8. The van der Waals surface area contributed by atoms with E-state index in [9.17, 15) is 9.59 Å². The van der Waals surface area contributed by atoms with Gasteiger partial charge in [0.25, 0.3) is 11.8 Å². The van der Waals surface area contributed by atoms with E-state index in [2.05, 4.69) is 15.6 Å². The quantitative estimate of drug-likeness (QED) is 0.282. The topological polar surface area (TPSA) is 79.8 Å². The van der Waals surface area contributed by atoms with Crippen molar-refractivity contribution in [3.05, 3.63) is 90.2 Å². The molecule has 3 aromatic carbocycles. The number of amides is 2. The van der Waals surface area contributed by atoms with Gasteiger partial charge in [0, 0.05) is 10.7 Å². The number of benzene rings is 3. The third kappa shape index (κ3) is 6.88. The molecule has 1 heterocycles. The summed E-state index contributed by atoms with van der Waals surface area (Å²) in [5, 5.41) is 7.41. The van der Waals surface area contributed by atoms with Crippen LogP contribution in [0.15, 0.2) is 64.5 Å². The lowest BCUT2D eigenvalue weighted by Crippen LogP contribution is -2.20. The first kappa shape index (κ1) is 26.7. The Labute approximate surface area is 235 Å². The monoisotopic (exact) mass is 599 g/mol. The van der Waals surface area contributed by atoms with Gasteiger partial charge in [-0.25, -0.2) is 4.99 Å². The number of ether oxygens (including phenoxy) is 1. The molecule has 0 saturated carbocycles. The number of nitrogens with one attached hydrogen (secondary N) is 2. The maximum Gasteiger partial charge on any atom is 0.264 e. The number of halogens is 5. The van der Waals surface area contributed by atoms with Crippen molar-refractivity contribution in [1.29, 1.82) is 0 Å². The van der Waals surface area contributed by atoms with E-state index < -0.39 is 5.91 Å². The van der Waals surface area contributed by atoms with Crippen LogP contribution >= 0.6 is 69.8 Å². The fourth-order valence-electron chi connectivity index (χ4n) is 2.97. The smallest absolute Gasteiger partial charge is 0.264 e. The van der Waals surface area contributed by atoms with Gasteiger partial charge >= 0.3 is 0 Å². The zero-order valence-corrected chi connectivity index (χ0v) is 22.5. The molecule has 2 amide bonds. The number of rotatable bonds is 6. The van der Waals surface area contributed by atoms with Crippen LogP contribution in [-0.2, 0) is 9.59 Å². The molecule has 12 heteroatoms. The first-order chi connectivity index (χ1) is 17.2. The standard InChI is InChI=1S/C24H14Cl5N3O3S/c25-13-1-3-14(4-2-13)31-24-32-23(34)20(36-24)9-12-7-18(28)22(19(29)8-12)35-11-21(33)30-15-5-6-16(26)17(27)10-15/h1-10H,11H2,(H,30,33)(H,31,32,34)/b20-9+. The minimum absolute atomic E-state index is 0.137. The van der Waals surface area contributed by atoms with Crippen molar-refractivity contribution in [2.24, 2.45) is 4.99 Å². The Morgan fingerprint density at radius 1 is 0.944 bits per heavy atom. The summed E-state index contributed by atoms with van der Waals surface area (Å²) in [6.07, 6.45) is 1.63. The van der Waals surface area contributed by atoms with Crippen LogP contribution in [0.4, 0.5) is 11.4 Å². The predicted molar refractivity (Wildman–Crippen MR) is 149 cm³/mol. The zero-order chi connectivity index (χ0) is 25.8. The molecule has 0 aromatic heterocycles. The summed E-state index contributed by atoms with van der Waals surface area (Å²) < 4.78 is 5.52. The molecule has 0 bridgehead atoms. The Hall–Kier alpha value is -2.39. The molecule has 0 unspecified atom stereocenters. The van der Waals surface area contributed by atoms with Gasteiger partial charge in [-0.05, 0) is 78.0 Å². The van der Waals surface area contributed by atoms with Crippen LogP contribution in [-0.4, -0.2) is 23.6 Å². The van der Waals surface area contributed by atoms with Crippen LogP contribution in [0.5, 0.6) is 5.75 Å². The van der Waals surface area contributed by atoms with Crippen molar-refractivity contribution in [2.75, 3.05) is 11.9 Å². The van der Waals surface area contributed by atoms with Crippen LogP contribution in [0.3, 0.4) is 0 Å². The fourth-order valence-corrected chi connectivity index (χ4v) is 4.85. The lowest BCUT2D eigenvalue weighted by atomic mass is 10.2. The van der Waals surface area contributed by atoms with E-state index in [-0.39, 0.29) is 28.3 Å². The molecule has 0 spiro atoms. The molecule has 1 aliphatic rings. The molecule has 1 fully saturated rings. The summed E-state index contributed by atoms with van der Waals surface area (Å²) in [6.45, 7) is -0.344. The Kier molecular flexibility index (Phi) is 8.72. The molecule has 6 nitrogen and oxygen atoms in total. The minimum atomic E-state index is -0.446. The van der Waals surface area contributed by atoms with E-state index in [0.29, 0.717) is 42.1 Å². The molecular weight excluding hydrogens is 588 g/mol. The minimum Gasteiger partial charge on any atom is -0.481 e. The summed E-state index contributed by atoms with van der Waals surface area (Å²) in [5.41, 5.74) is 1.69. The van der Waals surface area contributed by atoms with E-state index in [4.69, 9.17) is 62.7 Å². The second-order valence-electron chi connectivity index (χ2n) is 7.24. The molecular formula is C24H14Cl5N3O3S. The van der Waals surface area contributed by atoms with Crippen LogP contribution in [0.25, 0.3) is 6.08 Å². The predicted octanol–water partition coefficient (Wildman–Crippen LogP) is 7.86. The number of thioether (sulfide) groups is 1. The second kappa shape index (κ2) is 11.8. The lowest BCUT2D eigenvalue weighted by molar-refractivity contribution is -0.118. The van der Waals surface area contributed by atoms with E-state index >= 15 is 0 Å². The lowest BCUT2D eigenvalue weighted by Gasteiger charge is -2.11. The highest BCUT2D eigenvalue weighted by molar-refractivity contribution is 8.18. The number of hydrogen-bond donors (Lipinski definition) is 2. The van der Waals surface area contributed by atoms with Crippen molar-refractivity contribution >= 4 is 104 Å². The molecule has 3 aromatic rings. The Morgan fingerprint density at radius 3 is 2.31 bits per heavy atom. The second-order valence-corrected chi connectivity index (χ2v) is 10.3. The summed E-state index contributed by atoms with van der Waals surface area (Å²) >= 11 is 31.6. The molecule has 184 valence electrons. The Bertz CT molecular complexity index is 1390. The van der Waals surface area contributed by atoms with Crippen LogP contribution in [0.1, 0.15) is 5.56 Å². The first-order valence-electron chi connectivity index (χ1n) is 10.1. The van der Waals surface area contributed by atoms with Gasteiger partial charge in [-0.15, -0.1) is 0 Å². The average Bonchev–Trinajstić information content (AvgIpc) is 3.15. The van der Waals surface area contributed by atoms with Gasteiger partial charge in [0.1, 0.15) is 0 Å². The summed E-state index contributed by atoms with van der Waals surface area (Å²) in [5.74, 6) is -0.615. The van der Waals surface area contributed by atoms with Gasteiger partial charge in [0.2, 0.25) is 0 Å². The van der Waals surface area contributed by atoms with Crippen LogP contribution in [0, 0.1) is 0 Å². The number of hydrogen-bond acceptors (Lipinski definition) is 5. The van der Waals surface area contributed by atoms with Crippen molar-refractivity contribution in [3.8, 4) is 5.75 Å². The van der Waals surface area contributed by atoms with Gasteiger partial charge < -0.3 is 15.4 Å². The van der Waals surface area contributed by atoms with Crippen molar-refractivity contribution in [1.82, 2.24) is 5.32 Å². The summed E-state index contributed by atoms with van der Waals surface area (Å²) in [6, 6.07) is 14.8. The highest BCUT2D eigenvalue weighted by Crippen LogP contribution is 2.36. The Balaban J connectivity index is 1.42. The Morgan fingerprint density at radius 2 is 1.64 bits per heavy atom. The normalized spacial score (nSPS) is 15.3. The SMILES string of the molecule is O=C(COc1c(Cl)cc(/C=C2/SC(=Nc3ccc(Cl)cc3)NC2=O)cc1Cl)Nc1ccc(Cl)c(Cl)c1. The molecule has 1 saturated heterocycles. The van der Waals surface area contributed by atoms with E-state index in [1.54, 1.807) is 54.6 Å². The maximum absolute atomic E-state index is 12.4. The van der Waals surface area contributed by atoms with Gasteiger partial charge in [0.15, 0.2) is 17.5 Å². The highest BCUT2D eigenvalue weighted by Gasteiger charge is 2.24. The van der Waals surface area contributed by atoms with E-state index in [1.807, 2.05) is 0 Å². The summed E-state index contributed by atoms with van der Waals surface area (Å²) in [7, 11) is 0. The van der Waals surface area contributed by atoms with Gasteiger partial charge in [-0.2, -0.15) is 0 Å². The third-order valence-electron chi connectivity index (χ3n) is 4.58. The van der Waals surface area contributed by atoms with Gasteiger partial charge in [-0.1, -0.05) is 58.0 Å². The van der Waals surface area contributed by atoms with Crippen molar-refractivity contribution in [3.63, 3.8) is 0 Å². The molecule has 2 N–H and O–H groups in total. The third-order valence-corrected chi connectivity index (χ3v) is 7.04. The van der Waals surface area contributed by atoms with E-state index in [0.717, 1.165) is 0 Å². The van der Waals surface area contributed by atoms with Crippen molar-refractivity contribution in [2.45, 2.75) is 0 Å². The van der Waals surface area contributed by atoms with Gasteiger partial charge in [0.05, 0.1) is 30.7 Å². The average molecular weight is 602 g/mol. The largest absolute Gasteiger partial charge is 0.481 e. The summed E-state index contributed by atoms with van der Waals surface area (Å²) in [4.78, 5) is 29.4. The maximum atomic E-state index is 12.4. The molecule has 0 atom stereocenters. The molecule has 36 heavy (non-hydrogen) atoms. The highest BCUT2D eigenvalue weighted by atomic mass is 35.5. The zero-order valence-electron chi connectivity index (χ0n) is 18.0. The van der Waals surface area contributed by atoms with Crippen LogP contribution < -0.4 is 15.4 Å². The van der Waals surface area contributed by atoms with Crippen LogP contribution in [0.2, 0.25) is 25.1 Å². The molecule has 4 rings (SSSR count). The number of anilines is 1. The number of nitrogens with zero attached hydrogens (tertiary/aromatic N) is 1. The number of amidine groups is 1. The van der Waals surface area contributed by atoms with E-state index in [1.165, 1.54) is 17.8 Å². The van der Waals surface area contributed by atoms with Crippen molar-refractivity contribution < 1.29 is 14.3 Å². The fraction of sp³-hybridized carbons (Fsp3) is 0.0417. The molecule has 0 radical (unpaired) electrons. The molecule has 0 aliphatic carbocycles. The van der Waals surface area contributed by atoms with Gasteiger partial charge in [-0.3, -0.25) is 9.59 Å². The molecule has 1 aliphatic heterocycles.